The normalized spacial score (nSPS) is 38.3. The monoisotopic (exact) mass is 209 g/mol. The molecular formula is C11H15NO3. The Morgan fingerprint density at radius 3 is 3.13 bits per heavy atom. The number of fused-ring (bicyclic) bond motifs is 2. The number of ether oxygens (including phenoxy) is 1. The molecule has 15 heavy (non-hydrogen) atoms. The van der Waals surface area contributed by atoms with Gasteiger partial charge in [-0.2, -0.15) is 0 Å². The molecule has 2 rings (SSSR count). The van der Waals surface area contributed by atoms with Crippen LogP contribution in [0, 0.1) is 5.92 Å². The molecule has 1 aliphatic heterocycles. The summed E-state index contributed by atoms with van der Waals surface area (Å²) >= 11 is 0. The highest BCUT2D eigenvalue weighted by Gasteiger charge is 2.50. The van der Waals surface area contributed by atoms with E-state index in [-0.39, 0.29) is 23.9 Å². The predicted octanol–water partition coefficient (Wildman–Crippen LogP) is 0.773. The zero-order valence-corrected chi connectivity index (χ0v) is 8.79. The second kappa shape index (κ2) is 3.36. The summed E-state index contributed by atoms with van der Waals surface area (Å²) in [5.74, 6) is -0.279. The van der Waals surface area contributed by atoms with Crippen molar-refractivity contribution in [2.24, 2.45) is 5.92 Å². The van der Waals surface area contributed by atoms with Gasteiger partial charge in [0, 0.05) is 0 Å². The van der Waals surface area contributed by atoms with Gasteiger partial charge in [0.25, 0.3) is 0 Å². The third-order valence-corrected chi connectivity index (χ3v) is 3.41. The van der Waals surface area contributed by atoms with Gasteiger partial charge in [0.1, 0.15) is 6.10 Å². The van der Waals surface area contributed by atoms with Crippen molar-refractivity contribution < 1.29 is 14.3 Å². The Morgan fingerprint density at radius 1 is 1.73 bits per heavy atom. The van der Waals surface area contributed by atoms with E-state index in [9.17, 15) is 9.59 Å². The first-order valence-electron chi connectivity index (χ1n) is 5.20. The summed E-state index contributed by atoms with van der Waals surface area (Å²) in [6, 6.07) is 0. The molecule has 0 aromatic carbocycles. The van der Waals surface area contributed by atoms with Gasteiger partial charge in [-0.1, -0.05) is 6.58 Å². The molecule has 1 heterocycles. The fourth-order valence-corrected chi connectivity index (χ4v) is 2.38. The molecule has 0 aromatic rings. The van der Waals surface area contributed by atoms with E-state index in [2.05, 4.69) is 11.9 Å². The lowest BCUT2D eigenvalue weighted by Crippen LogP contribution is -2.55. The molecule has 1 saturated carbocycles. The molecule has 4 heteroatoms. The first kappa shape index (κ1) is 10.2. The maximum absolute atomic E-state index is 11.3. The molecule has 1 saturated heterocycles. The highest BCUT2D eigenvalue weighted by Crippen LogP contribution is 2.40. The Morgan fingerprint density at radius 2 is 2.47 bits per heavy atom. The summed E-state index contributed by atoms with van der Waals surface area (Å²) in [5.41, 5.74) is -0.423. The van der Waals surface area contributed by atoms with Crippen LogP contribution in [-0.4, -0.2) is 23.5 Å². The number of amides is 1. The van der Waals surface area contributed by atoms with Crippen LogP contribution >= 0.6 is 0 Å². The van der Waals surface area contributed by atoms with Crippen LogP contribution in [0.25, 0.3) is 0 Å². The Kier molecular flexibility index (Phi) is 2.29. The minimum Gasteiger partial charge on any atom is -0.460 e. The second-order valence-electron chi connectivity index (χ2n) is 4.51. The van der Waals surface area contributed by atoms with Crippen molar-refractivity contribution >= 4 is 11.9 Å². The molecule has 1 N–H and O–H groups in total. The van der Waals surface area contributed by atoms with Crippen molar-refractivity contribution in [2.75, 3.05) is 0 Å². The largest absolute Gasteiger partial charge is 0.460 e. The first-order chi connectivity index (χ1) is 7.05. The molecule has 3 atom stereocenters. The molecule has 0 radical (unpaired) electrons. The summed E-state index contributed by atoms with van der Waals surface area (Å²) in [6.45, 7) is 5.34. The van der Waals surface area contributed by atoms with Gasteiger partial charge in [0.2, 0.25) is 5.91 Å². The molecule has 0 aromatic heterocycles. The quantitative estimate of drug-likeness (QED) is 0.540. The number of rotatable bonds is 2. The van der Waals surface area contributed by atoms with Gasteiger partial charge in [-0.05, 0) is 32.3 Å². The average Bonchev–Trinajstić information content (AvgIpc) is 2.52. The first-order valence-corrected chi connectivity index (χ1v) is 5.20. The highest BCUT2D eigenvalue weighted by atomic mass is 16.6. The van der Waals surface area contributed by atoms with Crippen LogP contribution in [0.1, 0.15) is 26.2 Å². The van der Waals surface area contributed by atoms with Crippen molar-refractivity contribution in [3.63, 3.8) is 0 Å². The van der Waals surface area contributed by atoms with E-state index in [1.807, 2.05) is 6.92 Å². The minimum atomic E-state index is -0.423. The van der Waals surface area contributed by atoms with E-state index in [0.717, 1.165) is 19.3 Å². The van der Waals surface area contributed by atoms with Gasteiger partial charge in [-0.3, -0.25) is 9.59 Å². The summed E-state index contributed by atoms with van der Waals surface area (Å²) in [4.78, 5) is 22.6. The number of hydrogen-bond acceptors (Lipinski definition) is 3. The Hall–Kier alpha value is -1.32. The average molecular weight is 209 g/mol. The SMILES string of the molecule is C=CC(=O)NC1(C)CCC2CC1OC2=O. The minimum absolute atomic E-state index is 0.0451. The highest BCUT2D eigenvalue weighted by molar-refractivity contribution is 5.87. The molecule has 2 aliphatic rings. The number of carbonyl (C=O) groups is 2. The molecule has 82 valence electrons. The fraction of sp³-hybridized carbons (Fsp3) is 0.636. The van der Waals surface area contributed by atoms with Crippen LogP contribution < -0.4 is 5.32 Å². The smallest absolute Gasteiger partial charge is 0.309 e. The zero-order valence-electron chi connectivity index (χ0n) is 8.79. The lowest BCUT2D eigenvalue weighted by Gasteiger charge is -2.37. The van der Waals surface area contributed by atoms with Gasteiger partial charge in [-0.25, -0.2) is 0 Å². The van der Waals surface area contributed by atoms with Crippen LogP contribution in [-0.2, 0) is 14.3 Å². The lowest BCUT2D eigenvalue weighted by molar-refractivity contribution is -0.145. The van der Waals surface area contributed by atoms with E-state index in [0.29, 0.717) is 0 Å². The van der Waals surface area contributed by atoms with Gasteiger partial charge >= 0.3 is 5.97 Å². The molecular weight excluding hydrogens is 194 g/mol. The van der Waals surface area contributed by atoms with E-state index >= 15 is 0 Å². The molecule has 3 unspecified atom stereocenters. The van der Waals surface area contributed by atoms with Crippen LogP contribution in [0.2, 0.25) is 0 Å². The fourth-order valence-electron chi connectivity index (χ4n) is 2.38. The van der Waals surface area contributed by atoms with Crippen LogP contribution in [0.4, 0.5) is 0 Å². The standard InChI is InChI=1S/C11H15NO3/c1-3-9(13)12-11(2)5-4-7-6-8(11)15-10(7)14/h3,7-8H,1,4-6H2,2H3,(H,12,13). The topological polar surface area (TPSA) is 55.4 Å². The maximum atomic E-state index is 11.3. The van der Waals surface area contributed by atoms with Crippen LogP contribution in [0.3, 0.4) is 0 Å². The number of carbonyl (C=O) groups excluding carboxylic acids is 2. The Bertz CT molecular complexity index is 326. The molecule has 2 fully saturated rings. The van der Waals surface area contributed by atoms with Gasteiger partial charge in [0.15, 0.2) is 0 Å². The Labute approximate surface area is 88.7 Å². The lowest BCUT2D eigenvalue weighted by atomic mass is 9.77. The summed E-state index contributed by atoms with van der Waals surface area (Å²) in [7, 11) is 0. The van der Waals surface area contributed by atoms with Gasteiger partial charge in [-0.15, -0.1) is 0 Å². The molecule has 1 aliphatic carbocycles. The number of nitrogens with one attached hydrogen (secondary N) is 1. The summed E-state index contributed by atoms with van der Waals surface area (Å²) < 4.78 is 5.26. The van der Waals surface area contributed by atoms with Gasteiger partial charge < -0.3 is 10.1 Å². The molecule has 2 bridgehead atoms. The van der Waals surface area contributed by atoms with E-state index in [4.69, 9.17) is 4.74 Å². The van der Waals surface area contributed by atoms with Crippen molar-refractivity contribution in [3.8, 4) is 0 Å². The molecule has 0 spiro atoms. The van der Waals surface area contributed by atoms with E-state index in [1.54, 1.807) is 0 Å². The third kappa shape index (κ3) is 1.64. The van der Waals surface area contributed by atoms with E-state index in [1.165, 1.54) is 6.08 Å². The third-order valence-electron chi connectivity index (χ3n) is 3.41. The second-order valence-corrected chi connectivity index (χ2v) is 4.51. The predicted molar refractivity (Wildman–Crippen MR) is 54.0 cm³/mol. The molecule has 1 amide bonds. The number of esters is 1. The zero-order chi connectivity index (χ0) is 11.1. The number of hydrogen-bond donors (Lipinski definition) is 1. The summed E-state index contributed by atoms with van der Waals surface area (Å²) in [6.07, 6.45) is 3.38. The summed E-state index contributed by atoms with van der Waals surface area (Å²) in [5, 5.41) is 2.86. The van der Waals surface area contributed by atoms with Crippen molar-refractivity contribution in [1.29, 1.82) is 0 Å². The van der Waals surface area contributed by atoms with Crippen molar-refractivity contribution in [1.82, 2.24) is 5.32 Å². The van der Waals surface area contributed by atoms with Crippen molar-refractivity contribution in [3.05, 3.63) is 12.7 Å². The van der Waals surface area contributed by atoms with Gasteiger partial charge in [0.05, 0.1) is 11.5 Å². The van der Waals surface area contributed by atoms with E-state index < -0.39 is 5.54 Å². The Balaban J connectivity index is 2.12. The van der Waals surface area contributed by atoms with Crippen LogP contribution in [0.5, 0.6) is 0 Å². The maximum Gasteiger partial charge on any atom is 0.309 e. The molecule has 4 nitrogen and oxygen atoms in total. The van der Waals surface area contributed by atoms with Crippen molar-refractivity contribution in [2.45, 2.75) is 37.8 Å². The van der Waals surface area contributed by atoms with Crippen LogP contribution in [0.15, 0.2) is 12.7 Å².